The van der Waals surface area contributed by atoms with Crippen LogP contribution in [-0.4, -0.2) is 52.3 Å². The second-order valence-electron chi connectivity index (χ2n) is 5.79. The quantitative estimate of drug-likeness (QED) is 0.296. The minimum atomic E-state index is -0.435. The monoisotopic (exact) mass is 570 g/mol. The van der Waals surface area contributed by atoms with Gasteiger partial charge in [-0.3, -0.25) is 0 Å². The molecule has 29 heavy (non-hydrogen) atoms. The second kappa shape index (κ2) is 18.4. The summed E-state index contributed by atoms with van der Waals surface area (Å²) < 4.78 is 19.6. The van der Waals surface area contributed by atoms with Gasteiger partial charge in [-0.1, -0.05) is 0 Å². The smallest absolute Gasteiger partial charge is 0.213 e. The molecule has 2 heterocycles. The van der Waals surface area contributed by atoms with Crippen LogP contribution in [0.25, 0.3) is 0 Å². The molecule has 0 saturated carbocycles. The highest BCUT2D eigenvalue weighted by atomic mass is 79.9. The van der Waals surface area contributed by atoms with Crippen molar-refractivity contribution in [1.82, 2.24) is 9.97 Å². The van der Waals surface area contributed by atoms with Crippen LogP contribution in [0.4, 0.5) is 4.39 Å². The number of hydrogen-bond acceptors (Lipinski definition) is 6. The van der Waals surface area contributed by atoms with E-state index in [-0.39, 0.29) is 0 Å². The Balaban J connectivity index is 0.000000448. The molecule has 0 aliphatic heterocycles. The average Bonchev–Trinajstić information content (AvgIpc) is 2.70. The molecule has 0 bridgehead atoms. The van der Waals surface area contributed by atoms with Gasteiger partial charge in [-0.05, 0) is 99.8 Å². The van der Waals surface area contributed by atoms with Crippen molar-refractivity contribution >= 4 is 55.4 Å². The lowest BCUT2D eigenvalue weighted by Crippen LogP contribution is -2.00. The van der Waals surface area contributed by atoms with E-state index >= 15 is 0 Å². The third-order valence-electron chi connectivity index (χ3n) is 3.28. The molecule has 0 fully saturated rings. The third-order valence-corrected chi connectivity index (χ3v) is 6.34. The lowest BCUT2D eigenvalue weighted by atomic mass is 10.3. The van der Waals surface area contributed by atoms with Crippen molar-refractivity contribution in [2.24, 2.45) is 0 Å². The van der Waals surface area contributed by atoms with E-state index in [4.69, 9.17) is 9.84 Å². The maximum atomic E-state index is 12.2. The zero-order valence-corrected chi connectivity index (χ0v) is 22.1. The Hall–Kier alpha value is -0.350. The molecule has 0 aliphatic carbocycles. The summed E-state index contributed by atoms with van der Waals surface area (Å²) in [5, 5.41) is 8.18. The molecule has 0 radical (unpaired) electrons. The number of halogens is 3. The highest BCUT2D eigenvalue weighted by molar-refractivity contribution is 9.10. The summed E-state index contributed by atoms with van der Waals surface area (Å²) in [5.41, 5.74) is 2.02. The summed E-state index contributed by atoms with van der Waals surface area (Å²) in [6, 6.07) is 3.33. The first kappa shape index (κ1) is 28.6. The summed E-state index contributed by atoms with van der Waals surface area (Å²) >= 11 is 10.2. The van der Waals surface area contributed by atoms with Crippen molar-refractivity contribution in [3.05, 3.63) is 50.5 Å². The fourth-order valence-corrected chi connectivity index (χ4v) is 2.94. The Labute approximate surface area is 199 Å². The minimum absolute atomic E-state index is 0.334. The molecule has 0 spiro atoms. The van der Waals surface area contributed by atoms with Crippen molar-refractivity contribution in [1.29, 1.82) is 0 Å². The summed E-state index contributed by atoms with van der Waals surface area (Å²) in [6.07, 6.45) is 9.36. The number of aromatic nitrogens is 2. The Morgan fingerprint density at radius 2 is 1.52 bits per heavy atom. The van der Waals surface area contributed by atoms with Crippen LogP contribution < -0.4 is 4.74 Å². The summed E-state index contributed by atoms with van der Waals surface area (Å²) in [6.45, 7) is 4.92. The Kier molecular flexibility index (Phi) is 18.2. The largest absolute Gasteiger partial charge is 0.478 e. The molecule has 0 amide bonds. The van der Waals surface area contributed by atoms with Crippen molar-refractivity contribution < 1.29 is 14.2 Å². The second-order valence-corrected chi connectivity index (χ2v) is 9.47. The van der Waals surface area contributed by atoms with Gasteiger partial charge in [-0.2, -0.15) is 27.9 Å². The zero-order valence-electron chi connectivity index (χ0n) is 17.3. The fourth-order valence-electron chi connectivity index (χ4n) is 1.69. The Morgan fingerprint density at radius 3 is 1.97 bits per heavy atom. The topological polar surface area (TPSA) is 55.2 Å². The molecule has 1 N–H and O–H groups in total. The number of thioether (sulfide) groups is 2. The lowest BCUT2D eigenvalue weighted by molar-refractivity contribution is 0.296. The van der Waals surface area contributed by atoms with Crippen molar-refractivity contribution in [3.63, 3.8) is 0 Å². The maximum Gasteiger partial charge on any atom is 0.213 e. The van der Waals surface area contributed by atoms with Crippen molar-refractivity contribution in [2.75, 3.05) is 37.2 Å². The van der Waals surface area contributed by atoms with E-state index in [1.54, 1.807) is 18.0 Å². The zero-order chi connectivity index (χ0) is 22.1. The minimum Gasteiger partial charge on any atom is -0.478 e. The van der Waals surface area contributed by atoms with E-state index in [2.05, 4.69) is 48.1 Å². The van der Waals surface area contributed by atoms with E-state index in [0.717, 1.165) is 51.0 Å². The molecule has 9 heteroatoms. The first-order valence-electron chi connectivity index (χ1n) is 8.97. The van der Waals surface area contributed by atoms with Gasteiger partial charge in [0.25, 0.3) is 0 Å². The Morgan fingerprint density at radius 1 is 0.966 bits per heavy atom. The number of aliphatic hydroxyl groups is 1. The molecular weight excluding hydrogens is 543 g/mol. The molecule has 4 nitrogen and oxygen atoms in total. The van der Waals surface area contributed by atoms with Gasteiger partial charge in [0.15, 0.2) is 0 Å². The number of rotatable bonds is 8. The highest BCUT2D eigenvalue weighted by Crippen LogP contribution is 2.18. The number of aliphatic hydroxyl groups excluding tert-OH is 1. The van der Waals surface area contributed by atoms with Crippen LogP contribution in [0.5, 0.6) is 5.88 Å². The van der Waals surface area contributed by atoms with E-state index in [9.17, 15) is 4.39 Å². The van der Waals surface area contributed by atoms with Crippen LogP contribution in [0.3, 0.4) is 0 Å². The first-order valence-corrected chi connectivity index (χ1v) is 13.3. The highest BCUT2D eigenvalue weighted by Gasteiger charge is 1.99. The van der Waals surface area contributed by atoms with Gasteiger partial charge in [-0.25, -0.2) is 9.97 Å². The van der Waals surface area contributed by atoms with Gasteiger partial charge in [0.1, 0.15) is 0 Å². The normalized spacial score (nSPS) is 9.79. The third kappa shape index (κ3) is 15.2. The van der Waals surface area contributed by atoms with Gasteiger partial charge in [0.2, 0.25) is 11.8 Å². The van der Waals surface area contributed by atoms with Crippen LogP contribution in [0.2, 0.25) is 0 Å². The van der Waals surface area contributed by atoms with Gasteiger partial charge >= 0.3 is 0 Å². The van der Waals surface area contributed by atoms with Gasteiger partial charge in [0, 0.05) is 34.0 Å². The van der Waals surface area contributed by atoms with Crippen LogP contribution in [0.15, 0.2) is 33.5 Å². The van der Waals surface area contributed by atoms with Crippen molar-refractivity contribution in [2.45, 2.75) is 26.7 Å². The molecule has 0 aliphatic rings. The molecular formula is C20H29Br2FN2O2S2. The molecule has 2 aromatic heterocycles. The number of pyridine rings is 2. The SMILES string of the molecule is CSCCCO.CSCCCOc1cc(C)c(Br)cn1.Cc1cc(F)ncc1Br. The van der Waals surface area contributed by atoms with Crippen LogP contribution in [0.1, 0.15) is 24.0 Å². The molecule has 0 saturated heterocycles. The Bertz CT molecular complexity index is 694. The summed E-state index contributed by atoms with van der Waals surface area (Å²) in [4.78, 5) is 7.59. The standard InChI is InChI=1S/C10H14BrNOS.C6H5BrFN.C4H10OS/c1-8-6-10(12-7-9(8)11)13-4-3-5-14-2;1-4-2-6(8)9-3-5(4)7;1-6-4-2-3-5/h6-7H,3-5H2,1-2H3;2-3H,1H3;5H,2-4H2,1H3. The van der Waals surface area contributed by atoms with E-state index < -0.39 is 5.95 Å². The van der Waals surface area contributed by atoms with Crippen LogP contribution in [-0.2, 0) is 0 Å². The number of nitrogens with zero attached hydrogens (tertiary/aromatic N) is 2. The van der Waals surface area contributed by atoms with Crippen LogP contribution in [0, 0.1) is 19.8 Å². The molecule has 2 aromatic rings. The number of ether oxygens (including phenoxy) is 1. The predicted molar refractivity (Wildman–Crippen MR) is 132 cm³/mol. The summed E-state index contributed by atoms with van der Waals surface area (Å²) in [5.74, 6) is 2.49. The van der Waals surface area contributed by atoms with E-state index in [0.29, 0.717) is 12.5 Å². The summed E-state index contributed by atoms with van der Waals surface area (Å²) in [7, 11) is 0. The number of hydrogen-bond donors (Lipinski definition) is 1. The fraction of sp³-hybridized carbons (Fsp3) is 0.500. The number of aryl methyl sites for hydroxylation is 2. The van der Waals surface area contributed by atoms with Crippen LogP contribution >= 0.6 is 55.4 Å². The maximum absolute atomic E-state index is 12.2. The van der Waals surface area contributed by atoms with Gasteiger partial charge in [-0.15, -0.1) is 0 Å². The lowest BCUT2D eigenvalue weighted by Gasteiger charge is -2.05. The van der Waals surface area contributed by atoms with Crippen molar-refractivity contribution in [3.8, 4) is 5.88 Å². The predicted octanol–water partition coefficient (Wildman–Crippen LogP) is 6.31. The first-order chi connectivity index (χ1) is 13.8. The molecule has 2 rings (SSSR count). The molecule has 0 atom stereocenters. The van der Waals surface area contributed by atoms with E-state index in [1.165, 1.54) is 12.3 Å². The molecule has 0 aromatic carbocycles. The molecule has 164 valence electrons. The van der Waals surface area contributed by atoms with E-state index in [1.807, 2.05) is 37.9 Å². The van der Waals surface area contributed by atoms with Gasteiger partial charge in [0.05, 0.1) is 6.61 Å². The van der Waals surface area contributed by atoms with Gasteiger partial charge < -0.3 is 9.84 Å². The average molecular weight is 572 g/mol. The molecule has 0 unspecified atom stereocenters.